The van der Waals surface area contributed by atoms with Crippen molar-refractivity contribution in [2.24, 2.45) is 5.11 Å². The zero-order valence-electron chi connectivity index (χ0n) is 21.8. The molecule has 1 unspecified atom stereocenters. The van der Waals surface area contributed by atoms with Crippen LogP contribution >= 0.6 is 11.6 Å². The van der Waals surface area contributed by atoms with Crippen LogP contribution in [0.3, 0.4) is 0 Å². The van der Waals surface area contributed by atoms with E-state index in [0.29, 0.717) is 36.1 Å². The number of nitrogens with zero attached hydrogens (tertiary/aromatic N) is 4. The summed E-state index contributed by atoms with van der Waals surface area (Å²) in [5, 5.41) is 3.17. The van der Waals surface area contributed by atoms with Gasteiger partial charge in [-0.2, -0.15) is 0 Å². The van der Waals surface area contributed by atoms with Gasteiger partial charge in [-0.25, -0.2) is 13.1 Å². The predicted octanol–water partition coefficient (Wildman–Crippen LogP) is 4.16. The lowest BCUT2D eigenvalue weighted by atomic mass is 9.76. The molecule has 11 nitrogen and oxygen atoms in total. The van der Waals surface area contributed by atoms with Crippen molar-refractivity contribution in [3.8, 4) is 5.75 Å². The van der Waals surface area contributed by atoms with Gasteiger partial charge in [-0.05, 0) is 61.1 Å². The number of carbonyl (C=O) groups is 2. The summed E-state index contributed by atoms with van der Waals surface area (Å²) in [6.07, 6.45) is 9.95. The molecule has 1 saturated carbocycles. The molecule has 0 spiro atoms. The number of alkyl halides is 1. The van der Waals surface area contributed by atoms with Crippen molar-refractivity contribution in [2.75, 3.05) is 19.6 Å². The summed E-state index contributed by atoms with van der Waals surface area (Å²) in [7, 11) is -3.55. The first-order valence-corrected chi connectivity index (χ1v) is 15.2. The molecular formula is C26H32ClN5O6S. The highest BCUT2D eigenvalue weighted by molar-refractivity contribution is 7.88. The van der Waals surface area contributed by atoms with E-state index in [1.54, 1.807) is 30.0 Å². The van der Waals surface area contributed by atoms with E-state index in [-0.39, 0.29) is 24.6 Å². The van der Waals surface area contributed by atoms with E-state index in [1.807, 2.05) is 18.2 Å². The number of azide groups is 1. The van der Waals surface area contributed by atoms with Gasteiger partial charge < -0.3 is 14.4 Å². The number of nitrogens with one attached hydrogen (secondary N) is 1. The molecule has 1 aliphatic heterocycles. The second-order valence-corrected chi connectivity index (χ2v) is 12.1. The maximum atomic E-state index is 14.3. The third-order valence-electron chi connectivity index (χ3n) is 7.20. The van der Waals surface area contributed by atoms with E-state index in [0.717, 1.165) is 24.7 Å². The van der Waals surface area contributed by atoms with E-state index in [9.17, 15) is 18.0 Å². The Balaban J connectivity index is 1.89. The Labute approximate surface area is 232 Å². The Morgan fingerprint density at radius 2 is 2.08 bits per heavy atom. The van der Waals surface area contributed by atoms with Crippen LogP contribution in [0.1, 0.15) is 60.9 Å². The maximum absolute atomic E-state index is 14.3. The summed E-state index contributed by atoms with van der Waals surface area (Å²) in [5.41, 5.74) is 10.1. The van der Waals surface area contributed by atoms with Gasteiger partial charge in [0, 0.05) is 22.6 Å². The highest BCUT2D eigenvalue weighted by atomic mass is 35.5. The van der Waals surface area contributed by atoms with Gasteiger partial charge >= 0.3 is 5.97 Å². The smallest absolute Gasteiger partial charge is 0.315 e. The van der Waals surface area contributed by atoms with Gasteiger partial charge in [-0.3, -0.25) is 9.59 Å². The number of benzene rings is 1. The predicted molar refractivity (Wildman–Crippen MR) is 146 cm³/mol. The molecular weight excluding hydrogens is 546 g/mol. The number of allylic oxidation sites excluding steroid dienone is 2. The van der Waals surface area contributed by atoms with Crippen molar-refractivity contribution in [1.29, 1.82) is 0 Å². The number of sulfonamides is 1. The minimum Gasteiger partial charge on any atom is -0.488 e. The van der Waals surface area contributed by atoms with E-state index < -0.39 is 40.0 Å². The lowest BCUT2D eigenvalue weighted by molar-refractivity contribution is -0.146. The molecule has 5 atom stereocenters. The van der Waals surface area contributed by atoms with Gasteiger partial charge in [0.15, 0.2) is 6.73 Å². The second-order valence-electron chi connectivity index (χ2n) is 9.80. The van der Waals surface area contributed by atoms with Crippen LogP contribution in [0.25, 0.3) is 10.4 Å². The molecule has 1 fully saturated rings. The normalized spacial score (nSPS) is 26.7. The molecule has 1 heterocycles. The maximum Gasteiger partial charge on any atom is 0.315 e. The minimum atomic E-state index is -3.55. The van der Waals surface area contributed by atoms with Crippen LogP contribution in [0.15, 0.2) is 47.1 Å². The number of carbonyl (C=O) groups excluding carboxylic acids is 2. The van der Waals surface area contributed by atoms with Crippen LogP contribution in [0.2, 0.25) is 0 Å². The molecule has 13 heteroatoms. The van der Waals surface area contributed by atoms with E-state index in [4.69, 9.17) is 26.6 Å². The summed E-state index contributed by atoms with van der Waals surface area (Å²) in [6.45, 7) is 1.59. The van der Waals surface area contributed by atoms with Crippen molar-refractivity contribution in [1.82, 2.24) is 9.62 Å². The van der Waals surface area contributed by atoms with Crippen molar-refractivity contribution in [3.63, 3.8) is 0 Å². The number of hydrogen-bond acceptors (Lipinski definition) is 7. The lowest BCUT2D eigenvalue weighted by Gasteiger charge is -2.49. The van der Waals surface area contributed by atoms with Gasteiger partial charge in [-0.15, -0.1) is 11.6 Å². The summed E-state index contributed by atoms with van der Waals surface area (Å²) in [5.74, 6) is -1.41. The molecule has 1 N–H and O–H groups in total. The van der Waals surface area contributed by atoms with Crippen LogP contribution in [-0.4, -0.2) is 68.3 Å². The summed E-state index contributed by atoms with van der Waals surface area (Å²) in [4.78, 5) is 32.3. The van der Waals surface area contributed by atoms with Gasteiger partial charge in [0.2, 0.25) is 10.0 Å². The molecule has 1 aromatic rings. The number of esters is 1. The molecule has 0 saturated heterocycles. The zero-order valence-corrected chi connectivity index (χ0v) is 23.4. The summed E-state index contributed by atoms with van der Waals surface area (Å²) < 4.78 is 38.3. The van der Waals surface area contributed by atoms with Crippen molar-refractivity contribution in [3.05, 3.63) is 63.6 Å². The fraction of sp³-hybridized carbons (Fsp3) is 0.538. The Kier molecular flexibility index (Phi) is 9.22. The number of fused-ring (bicyclic) bond motifs is 1. The quantitative estimate of drug-likeness (QED) is 0.153. The Bertz CT molecular complexity index is 1330. The van der Waals surface area contributed by atoms with Crippen LogP contribution in [-0.2, 0) is 19.6 Å². The fourth-order valence-electron chi connectivity index (χ4n) is 5.69. The third kappa shape index (κ3) is 6.58. The SMILES string of the molecule is CCOC(=O)[C@@H]1c2cc(OCN=[N+]=[N-])ccc2C(=O)N([C@H]2CCCC[C@@H]2NS(C)(=O)=O)[C@H]1C1=CCC(Cl)C=C1. The monoisotopic (exact) mass is 577 g/mol. The summed E-state index contributed by atoms with van der Waals surface area (Å²) in [6, 6.07) is 3.01. The van der Waals surface area contributed by atoms with E-state index >= 15 is 0 Å². The minimum absolute atomic E-state index is 0.138. The van der Waals surface area contributed by atoms with Crippen molar-refractivity contribution < 1.29 is 27.5 Å². The number of amides is 1. The third-order valence-corrected chi connectivity index (χ3v) is 8.26. The molecule has 2 aliphatic carbocycles. The largest absolute Gasteiger partial charge is 0.488 e. The molecule has 0 aromatic heterocycles. The number of ether oxygens (including phenoxy) is 2. The van der Waals surface area contributed by atoms with Crippen molar-refractivity contribution in [2.45, 2.75) is 68.4 Å². The van der Waals surface area contributed by atoms with Crippen LogP contribution in [0.4, 0.5) is 0 Å². The van der Waals surface area contributed by atoms with Crippen LogP contribution < -0.4 is 9.46 Å². The Hall–Kier alpha value is -3.05. The average molecular weight is 578 g/mol. The zero-order chi connectivity index (χ0) is 28.2. The highest BCUT2D eigenvalue weighted by Gasteiger charge is 2.50. The van der Waals surface area contributed by atoms with E-state index in [1.165, 1.54) is 0 Å². The van der Waals surface area contributed by atoms with Crippen LogP contribution in [0, 0.1) is 0 Å². The highest BCUT2D eigenvalue weighted by Crippen LogP contribution is 2.43. The standard InChI is InChI=1S/C26H32ClN5O6S/c1-3-37-26(34)23-20-14-18(38-15-29-31-28)12-13-19(20)25(33)32(24(23)16-8-10-17(27)11-9-16)22-7-5-4-6-21(22)30-39(2,35)36/h8-10,12-14,17,21-24,30H,3-7,11,15H2,1-2H3/t17?,21-,22-,23+,24-/m0/s1. The Morgan fingerprint density at radius 3 is 2.74 bits per heavy atom. The molecule has 0 radical (unpaired) electrons. The average Bonchev–Trinajstić information content (AvgIpc) is 2.89. The summed E-state index contributed by atoms with van der Waals surface area (Å²) >= 11 is 6.31. The van der Waals surface area contributed by atoms with Gasteiger partial charge in [0.05, 0.1) is 24.3 Å². The second kappa shape index (κ2) is 12.4. The Morgan fingerprint density at radius 1 is 1.31 bits per heavy atom. The first-order valence-electron chi connectivity index (χ1n) is 12.9. The topological polar surface area (TPSA) is 151 Å². The molecule has 39 heavy (non-hydrogen) atoms. The van der Waals surface area contributed by atoms with Gasteiger partial charge in [0.25, 0.3) is 5.91 Å². The van der Waals surface area contributed by atoms with Crippen LogP contribution in [0.5, 0.6) is 5.75 Å². The van der Waals surface area contributed by atoms with Crippen molar-refractivity contribution >= 4 is 33.5 Å². The fourth-order valence-corrected chi connectivity index (χ4v) is 6.68. The van der Waals surface area contributed by atoms with Gasteiger partial charge in [0.1, 0.15) is 11.7 Å². The first-order chi connectivity index (χ1) is 18.6. The molecule has 210 valence electrons. The molecule has 3 aliphatic rings. The number of halogens is 1. The molecule has 4 rings (SSSR count). The number of rotatable bonds is 9. The number of hydrogen-bond donors (Lipinski definition) is 1. The van der Waals surface area contributed by atoms with E-state index in [2.05, 4.69) is 14.7 Å². The lowest BCUT2D eigenvalue weighted by Crippen LogP contribution is -2.62. The molecule has 1 amide bonds. The molecule has 1 aromatic carbocycles. The first kappa shape index (κ1) is 28.9. The molecule has 0 bridgehead atoms. The van der Waals surface area contributed by atoms with Gasteiger partial charge in [-0.1, -0.05) is 36.2 Å².